The summed E-state index contributed by atoms with van der Waals surface area (Å²) in [5.74, 6) is -0.547. The van der Waals surface area contributed by atoms with Crippen LogP contribution in [0.5, 0.6) is 0 Å². The first-order chi connectivity index (χ1) is 47.4. The standard InChI is InChI=1S/C79H154O17P2/c1-7-9-11-13-15-17-18-19-20-21-22-23-28-33-39-45-51-57-63-78(83)96-75(68-90-77(82)62-56-50-44-38-32-27-25-24-26-30-36-41-47-53-59-71(3)4)70-94-98(87,88)92-66-73(80)65-91-97(85,86)93-69-74(67-89-76(81)61-55-49-43-35-16-14-12-10-8-2)95-79(84)64-58-52-46-40-34-29-31-37-42-48-54-60-72(5)6/h71-75,80H,7-70H2,1-6H3,(H,85,86)(H,87,88)/t73-,74+,75+/m0/s1. The van der Waals surface area contributed by atoms with Crippen LogP contribution in [-0.2, 0) is 65.4 Å². The van der Waals surface area contributed by atoms with Gasteiger partial charge in [0.1, 0.15) is 19.3 Å². The fourth-order valence-electron chi connectivity index (χ4n) is 12.2. The first-order valence-electron chi connectivity index (χ1n) is 41.0. The average Bonchev–Trinajstić information content (AvgIpc) is 1.06. The number of unbranched alkanes of at least 4 members (excludes halogenated alkanes) is 48. The monoisotopic (exact) mass is 1440 g/mol. The molecule has 582 valence electrons. The smallest absolute Gasteiger partial charge is 0.462 e. The van der Waals surface area contributed by atoms with Gasteiger partial charge in [0.2, 0.25) is 0 Å². The van der Waals surface area contributed by atoms with Gasteiger partial charge in [-0.1, -0.05) is 363 Å². The van der Waals surface area contributed by atoms with Gasteiger partial charge in [0.05, 0.1) is 26.4 Å². The minimum Gasteiger partial charge on any atom is -0.462 e. The molecule has 0 aliphatic carbocycles. The number of ether oxygens (including phenoxy) is 4. The van der Waals surface area contributed by atoms with E-state index in [1.807, 2.05) is 0 Å². The first-order valence-corrected chi connectivity index (χ1v) is 44.0. The van der Waals surface area contributed by atoms with Crippen molar-refractivity contribution in [2.24, 2.45) is 11.8 Å². The second kappa shape index (κ2) is 70.7. The Hall–Kier alpha value is -1.94. The molecule has 3 N–H and O–H groups in total. The predicted octanol–water partition coefficient (Wildman–Crippen LogP) is 23.5. The molecule has 0 bridgehead atoms. The minimum atomic E-state index is -4.96. The molecular formula is C79H154O17P2. The molecule has 0 aliphatic rings. The third-order valence-corrected chi connectivity index (χ3v) is 20.4. The summed E-state index contributed by atoms with van der Waals surface area (Å²) in [6, 6.07) is 0. The maximum Gasteiger partial charge on any atom is 0.472 e. The van der Waals surface area contributed by atoms with Gasteiger partial charge < -0.3 is 33.8 Å². The lowest BCUT2D eigenvalue weighted by atomic mass is 10.0. The Morgan fingerprint density at radius 3 is 0.694 bits per heavy atom. The van der Waals surface area contributed by atoms with Crippen LogP contribution in [0.3, 0.4) is 0 Å². The second-order valence-corrected chi connectivity index (χ2v) is 32.3. The summed E-state index contributed by atoms with van der Waals surface area (Å²) in [4.78, 5) is 72.9. The van der Waals surface area contributed by atoms with E-state index in [2.05, 4.69) is 41.5 Å². The van der Waals surface area contributed by atoms with Crippen molar-refractivity contribution in [1.29, 1.82) is 0 Å². The van der Waals surface area contributed by atoms with Crippen LogP contribution in [0.4, 0.5) is 0 Å². The van der Waals surface area contributed by atoms with Crippen molar-refractivity contribution in [1.82, 2.24) is 0 Å². The first kappa shape index (κ1) is 96.1. The van der Waals surface area contributed by atoms with Gasteiger partial charge in [0.25, 0.3) is 0 Å². The van der Waals surface area contributed by atoms with Gasteiger partial charge in [-0.25, -0.2) is 9.13 Å². The molecule has 98 heavy (non-hydrogen) atoms. The Bertz CT molecular complexity index is 1890. The maximum absolute atomic E-state index is 13.1. The zero-order valence-corrected chi connectivity index (χ0v) is 65.9. The van der Waals surface area contributed by atoms with Crippen LogP contribution in [0.25, 0.3) is 0 Å². The molecule has 0 amide bonds. The zero-order chi connectivity index (χ0) is 72.1. The lowest BCUT2D eigenvalue weighted by Gasteiger charge is -2.21. The van der Waals surface area contributed by atoms with Crippen molar-refractivity contribution >= 4 is 39.5 Å². The van der Waals surface area contributed by atoms with E-state index in [-0.39, 0.29) is 25.7 Å². The number of hydrogen-bond donors (Lipinski definition) is 3. The number of phosphoric acid groups is 2. The number of carbonyl (C=O) groups is 4. The summed E-state index contributed by atoms with van der Waals surface area (Å²) >= 11 is 0. The lowest BCUT2D eigenvalue weighted by molar-refractivity contribution is -0.161. The van der Waals surface area contributed by atoms with E-state index in [1.54, 1.807) is 0 Å². The number of rotatable bonds is 78. The highest BCUT2D eigenvalue weighted by atomic mass is 31.2. The SMILES string of the molecule is CCCCCCCCCCCCCCCCCCCCC(=O)O[C@H](COC(=O)CCCCCCCCCCCCCCCCC(C)C)COP(=O)(O)OC[C@@H](O)COP(=O)(O)OC[C@@H](COC(=O)CCCCCCCCCCC)OC(=O)CCCCCCCCCCCCCC(C)C. The van der Waals surface area contributed by atoms with Crippen LogP contribution < -0.4 is 0 Å². The van der Waals surface area contributed by atoms with E-state index in [0.29, 0.717) is 25.7 Å². The van der Waals surface area contributed by atoms with Gasteiger partial charge in [0, 0.05) is 25.7 Å². The molecular weight excluding hydrogens is 1280 g/mol. The van der Waals surface area contributed by atoms with Gasteiger partial charge in [0.15, 0.2) is 12.2 Å². The van der Waals surface area contributed by atoms with E-state index < -0.39 is 97.5 Å². The predicted molar refractivity (Wildman–Crippen MR) is 400 cm³/mol. The number of hydrogen-bond acceptors (Lipinski definition) is 15. The molecule has 0 heterocycles. The van der Waals surface area contributed by atoms with E-state index in [1.165, 1.54) is 231 Å². The molecule has 0 aromatic heterocycles. The van der Waals surface area contributed by atoms with Crippen molar-refractivity contribution in [2.45, 2.75) is 432 Å². The van der Waals surface area contributed by atoms with Crippen LogP contribution in [0.1, 0.15) is 414 Å². The molecule has 2 unspecified atom stereocenters. The van der Waals surface area contributed by atoms with Crippen LogP contribution in [0, 0.1) is 11.8 Å². The van der Waals surface area contributed by atoms with Gasteiger partial charge in [-0.2, -0.15) is 0 Å². The number of esters is 4. The Morgan fingerprint density at radius 1 is 0.276 bits per heavy atom. The number of phosphoric ester groups is 2. The highest BCUT2D eigenvalue weighted by Crippen LogP contribution is 2.45. The van der Waals surface area contributed by atoms with Gasteiger partial charge in [-0.3, -0.25) is 37.3 Å². The molecule has 0 spiro atoms. The molecule has 0 saturated heterocycles. The topological polar surface area (TPSA) is 237 Å². The molecule has 19 heteroatoms. The minimum absolute atomic E-state index is 0.107. The second-order valence-electron chi connectivity index (χ2n) is 29.4. The van der Waals surface area contributed by atoms with Crippen molar-refractivity contribution in [2.75, 3.05) is 39.6 Å². The Kier molecular flexibility index (Phi) is 69.3. The number of aliphatic hydroxyl groups excluding tert-OH is 1. The Balaban J connectivity index is 5.23. The van der Waals surface area contributed by atoms with Crippen LogP contribution >= 0.6 is 15.6 Å². The lowest BCUT2D eigenvalue weighted by Crippen LogP contribution is -2.30. The van der Waals surface area contributed by atoms with Gasteiger partial charge in [-0.05, 0) is 37.5 Å². The normalized spacial score (nSPS) is 13.9. The molecule has 0 radical (unpaired) electrons. The quantitative estimate of drug-likeness (QED) is 0.0222. The summed E-state index contributed by atoms with van der Waals surface area (Å²) in [7, 11) is -9.91. The van der Waals surface area contributed by atoms with Gasteiger partial charge >= 0.3 is 39.5 Å². The fourth-order valence-corrected chi connectivity index (χ4v) is 13.8. The van der Waals surface area contributed by atoms with Crippen LogP contribution in [0.15, 0.2) is 0 Å². The van der Waals surface area contributed by atoms with E-state index in [9.17, 15) is 43.2 Å². The van der Waals surface area contributed by atoms with Gasteiger partial charge in [-0.15, -0.1) is 0 Å². The molecule has 0 saturated carbocycles. The highest BCUT2D eigenvalue weighted by molar-refractivity contribution is 7.47. The summed E-state index contributed by atoms with van der Waals surface area (Å²) in [6.07, 6.45) is 59.6. The largest absolute Gasteiger partial charge is 0.472 e. The van der Waals surface area contributed by atoms with Crippen molar-refractivity contribution in [3.05, 3.63) is 0 Å². The molecule has 0 aliphatic heterocycles. The number of carbonyl (C=O) groups excluding carboxylic acids is 4. The van der Waals surface area contributed by atoms with Crippen molar-refractivity contribution in [3.8, 4) is 0 Å². The molecule has 0 aromatic rings. The molecule has 0 aromatic carbocycles. The van der Waals surface area contributed by atoms with Crippen LogP contribution in [-0.4, -0.2) is 96.7 Å². The molecule has 0 rings (SSSR count). The fraction of sp³-hybridized carbons (Fsp3) is 0.949. The molecule has 0 fully saturated rings. The third-order valence-electron chi connectivity index (χ3n) is 18.5. The Morgan fingerprint density at radius 2 is 0.469 bits per heavy atom. The van der Waals surface area contributed by atoms with Crippen molar-refractivity contribution in [3.63, 3.8) is 0 Å². The Labute approximate surface area is 600 Å². The van der Waals surface area contributed by atoms with E-state index in [0.717, 1.165) is 102 Å². The van der Waals surface area contributed by atoms with E-state index >= 15 is 0 Å². The van der Waals surface area contributed by atoms with E-state index in [4.69, 9.17) is 37.0 Å². The summed E-state index contributed by atoms with van der Waals surface area (Å²) in [5, 5.41) is 10.6. The van der Waals surface area contributed by atoms with Crippen LogP contribution in [0.2, 0.25) is 0 Å². The summed E-state index contributed by atoms with van der Waals surface area (Å²) < 4.78 is 68.6. The molecule has 17 nitrogen and oxygen atoms in total. The average molecular weight is 1440 g/mol. The maximum atomic E-state index is 13.1. The summed E-state index contributed by atoms with van der Waals surface area (Å²) in [5.41, 5.74) is 0. The summed E-state index contributed by atoms with van der Waals surface area (Å²) in [6.45, 7) is 9.63. The number of aliphatic hydroxyl groups is 1. The zero-order valence-electron chi connectivity index (χ0n) is 64.1. The highest BCUT2D eigenvalue weighted by Gasteiger charge is 2.30. The molecule has 5 atom stereocenters. The van der Waals surface area contributed by atoms with Crippen molar-refractivity contribution < 1.29 is 80.2 Å². The third kappa shape index (κ3) is 72.4.